The minimum Gasteiger partial charge on any atom is -0.271 e. The summed E-state index contributed by atoms with van der Waals surface area (Å²) in [5, 5.41) is 2.11. The number of hydrogen-bond donors (Lipinski definition) is 2. The maximum atomic E-state index is 5.68. The van der Waals surface area contributed by atoms with Gasteiger partial charge in [0, 0.05) is 14.6 Å². The van der Waals surface area contributed by atoms with Crippen LogP contribution in [0.15, 0.2) is 23.6 Å². The zero-order valence-electron chi connectivity index (χ0n) is 9.49. The fourth-order valence-electron chi connectivity index (χ4n) is 1.76. The first-order valence-corrected chi connectivity index (χ1v) is 7.04. The fourth-order valence-corrected chi connectivity index (χ4v) is 3.53. The summed E-state index contributed by atoms with van der Waals surface area (Å²) in [6.45, 7) is 4.31. The lowest BCUT2D eigenvalue weighted by Crippen LogP contribution is -2.28. The summed E-state index contributed by atoms with van der Waals surface area (Å²) in [4.78, 5) is 4.03. The standard InChI is InChI=1S/C12H16N2S2/c1-3-9-4-5-11(16-9)12(14-13)10-6-7-15-8(10)2/h4-7,12,14H,3,13H2,1-2H3. The first-order chi connectivity index (χ1) is 7.76. The van der Waals surface area contributed by atoms with Crippen LogP contribution in [-0.2, 0) is 6.42 Å². The van der Waals surface area contributed by atoms with Gasteiger partial charge in [0.2, 0.25) is 0 Å². The van der Waals surface area contributed by atoms with E-state index in [1.807, 2.05) is 11.3 Å². The van der Waals surface area contributed by atoms with Crippen LogP contribution in [0.5, 0.6) is 0 Å². The molecule has 0 fully saturated rings. The molecule has 0 bridgehead atoms. The van der Waals surface area contributed by atoms with E-state index in [1.54, 1.807) is 11.3 Å². The van der Waals surface area contributed by atoms with Gasteiger partial charge in [0.25, 0.3) is 0 Å². The molecule has 0 radical (unpaired) electrons. The van der Waals surface area contributed by atoms with Gasteiger partial charge in [0.15, 0.2) is 0 Å². The number of rotatable bonds is 4. The molecule has 2 rings (SSSR count). The third-order valence-corrected chi connectivity index (χ3v) is 4.85. The topological polar surface area (TPSA) is 38.0 Å². The SMILES string of the molecule is CCc1ccc(C(NN)c2ccsc2C)s1. The molecule has 0 spiro atoms. The number of hydrazine groups is 1. The molecule has 16 heavy (non-hydrogen) atoms. The summed E-state index contributed by atoms with van der Waals surface area (Å²) in [7, 11) is 0. The van der Waals surface area contributed by atoms with Crippen molar-refractivity contribution in [2.75, 3.05) is 0 Å². The molecular weight excluding hydrogens is 236 g/mol. The van der Waals surface area contributed by atoms with E-state index in [0.717, 1.165) is 6.42 Å². The predicted molar refractivity (Wildman–Crippen MR) is 71.9 cm³/mol. The Bertz CT molecular complexity index is 459. The van der Waals surface area contributed by atoms with Crippen molar-refractivity contribution in [1.29, 1.82) is 0 Å². The van der Waals surface area contributed by atoms with E-state index in [-0.39, 0.29) is 6.04 Å². The molecule has 1 unspecified atom stereocenters. The summed E-state index contributed by atoms with van der Waals surface area (Å²) < 4.78 is 0. The zero-order valence-corrected chi connectivity index (χ0v) is 11.1. The van der Waals surface area contributed by atoms with Crippen molar-refractivity contribution in [2.24, 2.45) is 5.84 Å². The molecule has 1 atom stereocenters. The second-order valence-corrected chi connectivity index (χ2v) is 6.01. The van der Waals surface area contributed by atoms with E-state index >= 15 is 0 Å². The number of aryl methyl sites for hydroxylation is 2. The molecule has 86 valence electrons. The smallest absolute Gasteiger partial charge is 0.0813 e. The normalized spacial score (nSPS) is 12.9. The number of nitrogens with one attached hydrogen (secondary N) is 1. The van der Waals surface area contributed by atoms with Crippen molar-refractivity contribution < 1.29 is 0 Å². The van der Waals surface area contributed by atoms with Crippen LogP contribution in [0.4, 0.5) is 0 Å². The van der Waals surface area contributed by atoms with E-state index in [0.29, 0.717) is 0 Å². The molecule has 0 amide bonds. The summed E-state index contributed by atoms with van der Waals surface area (Å²) in [5.41, 5.74) is 4.20. The average molecular weight is 252 g/mol. The minimum absolute atomic E-state index is 0.136. The molecule has 2 aromatic heterocycles. The monoisotopic (exact) mass is 252 g/mol. The highest BCUT2D eigenvalue weighted by Gasteiger charge is 2.17. The van der Waals surface area contributed by atoms with Gasteiger partial charge in [-0.2, -0.15) is 0 Å². The van der Waals surface area contributed by atoms with Crippen LogP contribution in [0.1, 0.15) is 33.2 Å². The maximum Gasteiger partial charge on any atom is 0.0813 e. The molecule has 0 aromatic carbocycles. The van der Waals surface area contributed by atoms with Crippen LogP contribution in [0.25, 0.3) is 0 Å². The van der Waals surface area contributed by atoms with Crippen molar-refractivity contribution in [2.45, 2.75) is 26.3 Å². The Morgan fingerprint density at radius 1 is 1.38 bits per heavy atom. The summed E-state index contributed by atoms with van der Waals surface area (Å²) in [6, 6.07) is 6.64. The van der Waals surface area contributed by atoms with Gasteiger partial charge in [-0.1, -0.05) is 6.92 Å². The number of nitrogens with two attached hydrogens (primary N) is 1. The second-order valence-electron chi connectivity index (χ2n) is 3.69. The Labute approximate surface area is 104 Å². The second kappa shape index (κ2) is 5.10. The van der Waals surface area contributed by atoms with Gasteiger partial charge in [0.05, 0.1) is 6.04 Å². The first-order valence-electron chi connectivity index (χ1n) is 5.35. The zero-order chi connectivity index (χ0) is 11.5. The van der Waals surface area contributed by atoms with Crippen LogP contribution in [-0.4, -0.2) is 0 Å². The summed E-state index contributed by atoms with van der Waals surface area (Å²) in [5.74, 6) is 5.68. The molecule has 0 saturated carbocycles. The van der Waals surface area contributed by atoms with Gasteiger partial charge in [-0.15, -0.1) is 22.7 Å². The number of hydrogen-bond acceptors (Lipinski definition) is 4. The van der Waals surface area contributed by atoms with Crippen LogP contribution < -0.4 is 11.3 Å². The van der Waals surface area contributed by atoms with E-state index in [1.165, 1.54) is 20.2 Å². The highest BCUT2D eigenvalue weighted by Crippen LogP contribution is 2.31. The van der Waals surface area contributed by atoms with Crippen molar-refractivity contribution in [1.82, 2.24) is 5.43 Å². The Balaban J connectivity index is 2.32. The lowest BCUT2D eigenvalue weighted by atomic mass is 10.1. The van der Waals surface area contributed by atoms with Gasteiger partial charge >= 0.3 is 0 Å². The first kappa shape index (κ1) is 11.8. The van der Waals surface area contributed by atoms with Crippen LogP contribution >= 0.6 is 22.7 Å². The third-order valence-electron chi connectivity index (χ3n) is 2.69. The van der Waals surface area contributed by atoms with Crippen LogP contribution in [0.2, 0.25) is 0 Å². The van der Waals surface area contributed by atoms with Gasteiger partial charge in [-0.3, -0.25) is 5.84 Å². The van der Waals surface area contributed by atoms with Gasteiger partial charge in [-0.05, 0) is 42.5 Å². The Morgan fingerprint density at radius 2 is 2.19 bits per heavy atom. The highest BCUT2D eigenvalue weighted by molar-refractivity contribution is 7.12. The summed E-state index contributed by atoms with van der Waals surface area (Å²) in [6.07, 6.45) is 1.09. The van der Waals surface area contributed by atoms with Crippen molar-refractivity contribution in [3.05, 3.63) is 43.8 Å². The maximum absolute atomic E-state index is 5.68. The molecule has 0 aliphatic heterocycles. The minimum atomic E-state index is 0.136. The van der Waals surface area contributed by atoms with Crippen LogP contribution in [0, 0.1) is 6.92 Å². The number of thiophene rings is 2. The van der Waals surface area contributed by atoms with Gasteiger partial charge in [0.1, 0.15) is 0 Å². The fraction of sp³-hybridized carbons (Fsp3) is 0.333. The molecule has 0 aliphatic carbocycles. The quantitative estimate of drug-likeness (QED) is 0.647. The third kappa shape index (κ3) is 2.20. The Morgan fingerprint density at radius 3 is 2.69 bits per heavy atom. The van der Waals surface area contributed by atoms with Gasteiger partial charge < -0.3 is 0 Å². The van der Waals surface area contributed by atoms with E-state index in [2.05, 4.69) is 42.9 Å². The van der Waals surface area contributed by atoms with Crippen molar-refractivity contribution in [3.63, 3.8) is 0 Å². The van der Waals surface area contributed by atoms with Crippen molar-refractivity contribution >= 4 is 22.7 Å². The molecule has 0 aliphatic rings. The van der Waals surface area contributed by atoms with E-state index in [4.69, 9.17) is 5.84 Å². The lowest BCUT2D eigenvalue weighted by molar-refractivity contribution is 0.646. The van der Waals surface area contributed by atoms with Crippen molar-refractivity contribution in [3.8, 4) is 0 Å². The summed E-state index contributed by atoms with van der Waals surface area (Å²) >= 11 is 3.60. The van der Waals surface area contributed by atoms with E-state index < -0.39 is 0 Å². The predicted octanol–water partition coefficient (Wildman–Crippen LogP) is 3.23. The largest absolute Gasteiger partial charge is 0.271 e. The Hall–Kier alpha value is -0.680. The highest BCUT2D eigenvalue weighted by atomic mass is 32.1. The lowest BCUT2D eigenvalue weighted by Gasteiger charge is -2.14. The van der Waals surface area contributed by atoms with E-state index in [9.17, 15) is 0 Å². The Kier molecular flexibility index (Phi) is 3.76. The molecular formula is C12H16N2S2. The molecule has 4 heteroatoms. The molecule has 3 N–H and O–H groups in total. The average Bonchev–Trinajstić information content (AvgIpc) is 2.90. The molecule has 2 heterocycles. The molecule has 2 aromatic rings. The molecule has 2 nitrogen and oxygen atoms in total. The van der Waals surface area contributed by atoms with Gasteiger partial charge in [-0.25, -0.2) is 5.43 Å². The molecule has 0 saturated heterocycles. The van der Waals surface area contributed by atoms with Crippen LogP contribution in [0.3, 0.4) is 0 Å².